The van der Waals surface area contributed by atoms with E-state index in [0.29, 0.717) is 4.60 Å². The number of aromatic nitrogens is 2. The standard InChI is InChI=1S/C11H11BrN2O2/c1-2-14-8-5-3-4-7(6-9(15)16)10(8)11(12)13-14/h3-5H,2,6H2,1H3,(H,15,16). The Kier molecular flexibility index (Phi) is 2.96. The Morgan fingerprint density at radius 2 is 2.31 bits per heavy atom. The van der Waals surface area contributed by atoms with Crippen molar-refractivity contribution in [1.29, 1.82) is 0 Å². The first-order chi connectivity index (χ1) is 7.63. The Morgan fingerprint density at radius 3 is 2.94 bits per heavy atom. The quantitative estimate of drug-likeness (QED) is 0.941. The molecule has 0 aliphatic rings. The molecule has 0 aliphatic carbocycles. The Bertz CT molecular complexity index is 548. The molecule has 84 valence electrons. The van der Waals surface area contributed by atoms with Gasteiger partial charge in [-0.3, -0.25) is 9.48 Å². The SMILES string of the molecule is CCn1nc(Br)c2c(CC(=O)O)cccc21. The largest absolute Gasteiger partial charge is 0.481 e. The van der Waals surface area contributed by atoms with Crippen LogP contribution in [0.5, 0.6) is 0 Å². The van der Waals surface area contributed by atoms with Gasteiger partial charge in [0.05, 0.1) is 11.9 Å². The van der Waals surface area contributed by atoms with E-state index in [0.717, 1.165) is 23.0 Å². The predicted octanol–water partition coefficient (Wildman–Crippen LogP) is 2.45. The maximum Gasteiger partial charge on any atom is 0.307 e. The van der Waals surface area contributed by atoms with E-state index >= 15 is 0 Å². The number of hydrogen-bond donors (Lipinski definition) is 1. The van der Waals surface area contributed by atoms with Crippen LogP contribution >= 0.6 is 15.9 Å². The number of hydrogen-bond acceptors (Lipinski definition) is 2. The van der Waals surface area contributed by atoms with Gasteiger partial charge in [0.25, 0.3) is 0 Å². The van der Waals surface area contributed by atoms with Crippen molar-refractivity contribution >= 4 is 32.8 Å². The summed E-state index contributed by atoms with van der Waals surface area (Å²) in [5, 5.41) is 14.1. The van der Waals surface area contributed by atoms with Crippen LogP contribution in [0.25, 0.3) is 10.9 Å². The highest BCUT2D eigenvalue weighted by Crippen LogP contribution is 2.27. The molecule has 1 aromatic heterocycles. The normalized spacial score (nSPS) is 10.9. The van der Waals surface area contributed by atoms with E-state index in [1.54, 1.807) is 0 Å². The van der Waals surface area contributed by atoms with Crippen LogP contribution < -0.4 is 0 Å². The van der Waals surface area contributed by atoms with Gasteiger partial charge in [0.15, 0.2) is 0 Å². The minimum absolute atomic E-state index is 0.0192. The van der Waals surface area contributed by atoms with Gasteiger partial charge in [-0.15, -0.1) is 0 Å². The Hall–Kier alpha value is -1.36. The smallest absolute Gasteiger partial charge is 0.307 e. The van der Waals surface area contributed by atoms with E-state index in [2.05, 4.69) is 21.0 Å². The van der Waals surface area contributed by atoms with E-state index in [9.17, 15) is 4.79 Å². The molecule has 0 unspecified atom stereocenters. The van der Waals surface area contributed by atoms with Gasteiger partial charge in [0, 0.05) is 11.9 Å². The average molecular weight is 283 g/mol. The lowest BCUT2D eigenvalue weighted by Gasteiger charge is -2.01. The second kappa shape index (κ2) is 4.25. The molecular formula is C11H11BrN2O2. The Balaban J connectivity index is 2.67. The van der Waals surface area contributed by atoms with Crippen molar-refractivity contribution in [3.05, 3.63) is 28.4 Å². The first kappa shape index (κ1) is 11.1. The summed E-state index contributed by atoms with van der Waals surface area (Å²) >= 11 is 3.37. The fourth-order valence-electron chi connectivity index (χ4n) is 1.80. The Morgan fingerprint density at radius 1 is 1.56 bits per heavy atom. The molecule has 4 nitrogen and oxygen atoms in total. The maximum absolute atomic E-state index is 10.8. The number of fused-ring (bicyclic) bond motifs is 1. The molecule has 2 rings (SSSR count). The van der Waals surface area contributed by atoms with E-state index in [1.165, 1.54) is 0 Å². The molecule has 1 aromatic carbocycles. The van der Waals surface area contributed by atoms with Gasteiger partial charge in [-0.2, -0.15) is 5.10 Å². The van der Waals surface area contributed by atoms with Crippen molar-refractivity contribution in [2.45, 2.75) is 19.9 Å². The van der Waals surface area contributed by atoms with Gasteiger partial charge in [0.2, 0.25) is 0 Å². The van der Waals surface area contributed by atoms with Crippen molar-refractivity contribution in [1.82, 2.24) is 9.78 Å². The number of carboxylic acids is 1. The lowest BCUT2D eigenvalue weighted by Crippen LogP contribution is -2.00. The Labute approximate surface area is 101 Å². The lowest BCUT2D eigenvalue weighted by atomic mass is 10.1. The topological polar surface area (TPSA) is 55.1 Å². The number of nitrogens with zero attached hydrogens (tertiary/aromatic N) is 2. The van der Waals surface area contributed by atoms with Crippen LogP contribution in [0.3, 0.4) is 0 Å². The highest BCUT2D eigenvalue weighted by Gasteiger charge is 2.13. The zero-order chi connectivity index (χ0) is 11.7. The van der Waals surface area contributed by atoms with Crippen LogP contribution in [-0.4, -0.2) is 20.9 Å². The van der Waals surface area contributed by atoms with Crippen LogP contribution in [0, 0.1) is 0 Å². The first-order valence-electron chi connectivity index (χ1n) is 4.99. The van der Waals surface area contributed by atoms with Crippen molar-refractivity contribution in [2.75, 3.05) is 0 Å². The van der Waals surface area contributed by atoms with Crippen molar-refractivity contribution in [3.8, 4) is 0 Å². The van der Waals surface area contributed by atoms with Gasteiger partial charge in [-0.25, -0.2) is 0 Å². The monoisotopic (exact) mass is 282 g/mol. The molecule has 0 atom stereocenters. The number of carboxylic acid groups (broad SMARTS) is 1. The molecule has 1 N–H and O–H groups in total. The molecule has 5 heteroatoms. The third-order valence-electron chi connectivity index (χ3n) is 2.46. The minimum Gasteiger partial charge on any atom is -0.481 e. The fraction of sp³-hybridized carbons (Fsp3) is 0.273. The molecule has 0 radical (unpaired) electrons. The van der Waals surface area contributed by atoms with Gasteiger partial charge >= 0.3 is 5.97 Å². The molecule has 16 heavy (non-hydrogen) atoms. The zero-order valence-corrected chi connectivity index (χ0v) is 10.4. The van der Waals surface area contributed by atoms with Crippen molar-refractivity contribution in [3.63, 3.8) is 0 Å². The lowest BCUT2D eigenvalue weighted by molar-refractivity contribution is -0.136. The molecule has 2 aromatic rings. The third kappa shape index (κ3) is 1.82. The molecule has 0 saturated heterocycles. The summed E-state index contributed by atoms with van der Waals surface area (Å²) in [4.78, 5) is 10.8. The summed E-state index contributed by atoms with van der Waals surface area (Å²) in [5.41, 5.74) is 1.75. The van der Waals surface area contributed by atoms with Crippen LogP contribution in [0.4, 0.5) is 0 Å². The molecule has 0 fully saturated rings. The van der Waals surface area contributed by atoms with Crippen LogP contribution in [-0.2, 0) is 17.8 Å². The summed E-state index contributed by atoms with van der Waals surface area (Å²) in [5.74, 6) is -0.830. The van der Waals surface area contributed by atoms with Gasteiger partial charge < -0.3 is 5.11 Å². The van der Waals surface area contributed by atoms with E-state index in [-0.39, 0.29) is 6.42 Å². The summed E-state index contributed by atoms with van der Waals surface area (Å²) < 4.78 is 2.56. The first-order valence-corrected chi connectivity index (χ1v) is 5.78. The number of carbonyl (C=O) groups is 1. The van der Waals surface area contributed by atoms with Gasteiger partial charge in [-0.05, 0) is 34.5 Å². The van der Waals surface area contributed by atoms with Crippen LogP contribution in [0.1, 0.15) is 12.5 Å². The minimum atomic E-state index is -0.830. The molecule has 0 spiro atoms. The summed E-state index contributed by atoms with van der Waals surface area (Å²) in [6.45, 7) is 2.77. The fourth-order valence-corrected chi connectivity index (χ4v) is 2.45. The molecule has 0 saturated carbocycles. The molecule has 1 heterocycles. The maximum atomic E-state index is 10.8. The van der Waals surface area contributed by atoms with Crippen molar-refractivity contribution in [2.24, 2.45) is 0 Å². The highest BCUT2D eigenvalue weighted by atomic mass is 79.9. The number of aryl methyl sites for hydroxylation is 1. The number of aliphatic carboxylic acids is 1. The average Bonchev–Trinajstić information content (AvgIpc) is 2.56. The van der Waals surface area contributed by atoms with E-state index in [4.69, 9.17) is 5.11 Å². The van der Waals surface area contributed by atoms with Gasteiger partial charge in [-0.1, -0.05) is 12.1 Å². The number of benzene rings is 1. The molecule has 0 bridgehead atoms. The second-order valence-electron chi connectivity index (χ2n) is 3.49. The second-order valence-corrected chi connectivity index (χ2v) is 4.24. The zero-order valence-electron chi connectivity index (χ0n) is 8.77. The summed E-state index contributed by atoms with van der Waals surface area (Å²) in [6, 6.07) is 5.63. The van der Waals surface area contributed by atoms with E-state index in [1.807, 2.05) is 29.8 Å². The predicted molar refractivity (Wildman–Crippen MR) is 64.4 cm³/mol. The molecule has 0 amide bonds. The van der Waals surface area contributed by atoms with Gasteiger partial charge in [0.1, 0.15) is 4.60 Å². The highest BCUT2D eigenvalue weighted by molar-refractivity contribution is 9.10. The van der Waals surface area contributed by atoms with Crippen molar-refractivity contribution < 1.29 is 9.90 Å². The summed E-state index contributed by atoms with van der Waals surface area (Å²) in [7, 11) is 0. The molecule has 0 aliphatic heterocycles. The molecular weight excluding hydrogens is 272 g/mol. The number of rotatable bonds is 3. The van der Waals surface area contributed by atoms with Crippen LogP contribution in [0.15, 0.2) is 22.8 Å². The van der Waals surface area contributed by atoms with E-state index < -0.39 is 5.97 Å². The summed E-state index contributed by atoms with van der Waals surface area (Å²) in [6.07, 6.45) is 0.0192. The third-order valence-corrected chi connectivity index (χ3v) is 3.02. The van der Waals surface area contributed by atoms with Crippen LogP contribution in [0.2, 0.25) is 0 Å². The number of halogens is 1.